The van der Waals surface area contributed by atoms with Crippen LogP contribution in [-0.2, 0) is 4.79 Å². The summed E-state index contributed by atoms with van der Waals surface area (Å²) in [6.45, 7) is 0. The van der Waals surface area contributed by atoms with Crippen molar-refractivity contribution >= 4 is 23.5 Å². The van der Waals surface area contributed by atoms with Crippen molar-refractivity contribution in [3.63, 3.8) is 0 Å². The predicted molar refractivity (Wildman–Crippen MR) is 105 cm³/mol. The quantitative estimate of drug-likeness (QED) is 0.575. The molecule has 0 spiro atoms. The summed E-state index contributed by atoms with van der Waals surface area (Å²) in [5.41, 5.74) is 0.745. The van der Waals surface area contributed by atoms with Crippen LogP contribution in [-0.4, -0.2) is 26.8 Å². The van der Waals surface area contributed by atoms with Gasteiger partial charge in [0.1, 0.15) is 5.69 Å². The van der Waals surface area contributed by atoms with E-state index in [2.05, 4.69) is 10.4 Å². The van der Waals surface area contributed by atoms with Crippen LogP contribution in [0.1, 0.15) is 34.1 Å². The molecule has 0 aliphatic rings. The molecule has 0 aliphatic carbocycles. The molecule has 3 aromatic rings. The third-order valence-electron chi connectivity index (χ3n) is 4.13. The van der Waals surface area contributed by atoms with Gasteiger partial charge in [0, 0.05) is 11.1 Å². The van der Waals surface area contributed by atoms with Gasteiger partial charge in [-0.25, -0.2) is 4.68 Å². The van der Waals surface area contributed by atoms with Crippen molar-refractivity contribution < 1.29 is 14.7 Å². The first-order valence-electron chi connectivity index (χ1n) is 8.48. The first-order valence-corrected chi connectivity index (χ1v) is 8.86. The Hall–Kier alpha value is -3.83. The summed E-state index contributed by atoms with van der Waals surface area (Å²) in [7, 11) is 0. The standard InChI is InChI=1S/C20H15ClN4O4/c21-14-5-2-6-15(8-14)25-18(26)9-17(24-25)20(29)23-16(10-19(27)28)13-4-1-3-12(7-13)11-22/h1-9,16,24H,10H2,(H,23,29)(H,27,28)/t16-/m0/s1. The van der Waals surface area contributed by atoms with Crippen molar-refractivity contribution in [2.75, 3.05) is 0 Å². The molecule has 9 heteroatoms. The smallest absolute Gasteiger partial charge is 0.305 e. The van der Waals surface area contributed by atoms with E-state index in [1.54, 1.807) is 42.5 Å². The van der Waals surface area contributed by atoms with E-state index < -0.39 is 23.5 Å². The molecule has 1 heterocycles. The number of aliphatic carboxylic acids is 1. The number of H-pyrrole nitrogens is 1. The Balaban J connectivity index is 1.88. The van der Waals surface area contributed by atoms with Crippen molar-refractivity contribution in [3.8, 4) is 11.8 Å². The minimum Gasteiger partial charge on any atom is -0.481 e. The molecule has 8 nitrogen and oxygen atoms in total. The number of carboxylic acids is 1. The van der Waals surface area contributed by atoms with E-state index in [9.17, 15) is 19.5 Å². The predicted octanol–water partition coefficient (Wildman–Crippen LogP) is 2.64. The number of nitriles is 1. The number of carbonyl (C=O) groups is 2. The second-order valence-electron chi connectivity index (χ2n) is 6.18. The van der Waals surface area contributed by atoms with Gasteiger partial charge in [-0.3, -0.25) is 19.5 Å². The molecule has 2 aromatic carbocycles. The summed E-state index contributed by atoms with van der Waals surface area (Å²) >= 11 is 5.94. The number of carboxylic acid groups (broad SMARTS) is 1. The highest BCUT2D eigenvalue weighted by Gasteiger charge is 2.21. The maximum atomic E-state index is 12.6. The summed E-state index contributed by atoms with van der Waals surface area (Å²) in [5.74, 6) is -1.78. The molecule has 0 radical (unpaired) electrons. The van der Waals surface area contributed by atoms with Crippen molar-refractivity contribution in [2.45, 2.75) is 12.5 Å². The Morgan fingerprint density at radius 2 is 1.97 bits per heavy atom. The Morgan fingerprint density at radius 3 is 2.66 bits per heavy atom. The van der Waals surface area contributed by atoms with E-state index in [4.69, 9.17) is 16.9 Å². The molecule has 0 bridgehead atoms. The molecule has 3 N–H and O–H groups in total. The van der Waals surface area contributed by atoms with E-state index in [1.807, 2.05) is 6.07 Å². The Morgan fingerprint density at radius 1 is 1.21 bits per heavy atom. The first-order chi connectivity index (χ1) is 13.9. The van der Waals surface area contributed by atoms with Crippen molar-refractivity contribution in [1.82, 2.24) is 15.1 Å². The molecule has 1 atom stereocenters. The fourth-order valence-electron chi connectivity index (χ4n) is 2.81. The summed E-state index contributed by atoms with van der Waals surface area (Å²) in [6.07, 6.45) is -0.389. The van der Waals surface area contributed by atoms with Crippen molar-refractivity contribution in [2.24, 2.45) is 0 Å². The fraction of sp³-hybridized carbons (Fsp3) is 0.100. The molecule has 0 saturated carbocycles. The highest BCUT2D eigenvalue weighted by atomic mass is 35.5. The van der Waals surface area contributed by atoms with E-state index in [-0.39, 0.29) is 12.1 Å². The third-order valence-corrected chi connectivity index (χ3v) is 4.37. The molecule has 0 saturated heterocycles. The number of hydrogen-bond acceptors (Lipinski definition) is 4. The second kappa shape index (κ2) is 8.46. The molecule has 0 fully saturated rings. The van der Waals surface area contributed by atoms with Gasteiger partial charge in [0.05, 0.1) is 29.8 Å². The minimum absolute atomic E-state index is 0.0400. The number of benzene rings is 2. The molecule has 146 valence electrons. The lowest BCUT2D eigenvalue weighted by molar-refractivity contribution is -0.137. The number of aromatic nitrogens is 2. The van der Waals surface area contributed by atoms with Gasteiger partial charge in [0.2, 0.25) is 0 Å². The zero-order valence-corrected chi connectivity index (χ0v) is 15.7. The number of halogens is 1. The Labute approximate surface area is 170 Å². The highest BCUT2D eigenvalue weighted by molar-refractivity contribution is 6.30. The number of aromatic amines is 1. The number of nitrogens with zero attached hydrogens (tertiary/aromatic N) is 2. The highest BCUT2D eigenvalue weighted by Crippen LogP contribution is 2.19. The summed E-state index contributed by atoms with van der Waals surface area (Å²) < 4.78 is 1.16. The van der Waals surface area contributed by atoms with Crippen LogP contribution in [0.3, 0.4) is 0 Å². The van der Waals surface area contributed by atoms with Crippen LogP contribution >= 0.6 is 11.6 Å². The molecule has 1 aromatic heterocycles. The van der Waals surface area contributed by atoms with E-state index in [1.165, 1.54) is 6.07 Å². The van der Waals surface area contributed by atoms with E-state index >= 15 is 0 Å². The van der Waals surface area contributed by atoms with Crippen LogP contribution in [0.5, 0.6) is 0 Å². The molecule has 0 aliphatic heterocycles. The second-order valence-corrected chi connectivity index (χ2v) is 6.62. The zero-order valence-electron chi connectivity index (χ0n) is 14.9. The molecular formula is C20H15ClN4O4. The molecule has 0 unspecified atom stereocenters. The van der Waals surface area contributed by atoms with Crippen LogP contribution in [0.2, 0.25) is 5.02 Å². The van der Waals surface area contributed by atoms with Gasteiger partial charge in [-0.2, -0.15) is 5.26 Å². The Bertz CT molecular complexity index is 1180. The normalized spacial score (nSPS) is 11.4. The van der Waals surface area contributed by atoms with Crippen LogP contribution in [0.4, 0.5) is 0 Å². The van der Waals surface area contributed by atoms with Gasteiger partial charge in [-0.1, -0.05) is 29.8 Å². The maximum absolute atomic E-state index is 12.6. The van der Waals surface area contributed by atoms with E-state index in [0.717, 1.165) is 10.7 Å². The Kier molecular flexibility index (Phi) is 5.81. The monoisotopic (exact) mass is 410 g/mol. The average Bonchev–Trinajstić information content (AvgIpc) is 3.09. The third kappa shape index (κ3) is 4.72. The van der Waals surface area contributed by atoms with Gasteiger partial charge in [0.25, 0.3) is 11.5 Å². The lowest BCUT2D eigenvalue weighted by atomic mass is 10.0. The van der Waals surface area contributed by atoms with Crippen LogP contribution in [0, 0.1) is 11.3 Å². The summed E-state index contributed by atoms with van der Waals surface area (Å²) in [5, 5.41) is 23.9. The van der Waals surface area contributed by atoms with Gasteiger partial charge in [-0.05, 0) is 35.9 Å². The van der Waals surface area contributed by atoms with Crippen molar-refractivity contribution in [3.05, 3.63) is 86.8 Å². The number of amides is 1. The number of carbonyl (C=O) groups excluding carboxylic acids is 1. The lowest BCUT2D eigenvalue weighted by Crippen LogP contribution is -2.30. The molecule has 3 rings (SSSR count). The maximum Gasteiger partial charge on any atom is 0.305 e. The van der Waals surface area contributed by atoms with Crippen LogP contribution < -0.4 is 10.9 Å². The van der Waals surface area contributed by atoms with E-state index in [0.29, 0.717) is 21.8 Å². The van der Waals surface area contributed by atoms with Crippen LogP contribution in [0.15, 0.2) is 59.4 Å². The van der Waals surface area contributed by atoms with Crippen LogP contribution in [0.25, 0.3) is 5.69 Å². The lowest BCUT2D eigenvalue weighted by Gasteiger charge is -2.17. The largest absolute Gasteiger partial charge is 0.481 e. The van der Waals surface area contributed by atoms with Gasteiger partial charge >= 0.3 is 5.97 Å². The first kappa shape index (κ1) is 19.9. The van der Waals surface area contributed by atoms with Gasteiger partial charge in [0.15, 0.2) is 0 Å². The number of nitrogens with one attached hydrogen (secondary N) is 2. The van der Waals surface area contributed by atoms with Gasteiger partial charge in [-0.15, -0.1) is 0 Å². The topological polar surface area (TPSA) is 128 Å². The summed E-state index contributed by atoms with van der Waals surface area (Å²) in [6, 6.07) is 15.0. The molecular weight excluding hydrogens is 396 g/mol. The number of hydrogen-bond donors (Lipinski definition) is 3. The summed E-state index contributed by atoms with van der Waals surface area (Å²) in [4.78, 5) is 36.1. The van der Waals surface area contributed by atoms with Crippen molar-refractivity contribution in [1.29, 1.82) is 5.26 Å². The minimum atomic E-state index is -1.12. The molecule has 1 amide bonds. The fourth-order valence-corrected chi connectivity index (χ4v) is 2.99. The number of rotatable bonds is 6. The average molecular weight is 411 g/mol. The van der Waals surface area contributed by atoms with Gasteiger partial charge < -0.3 is 10.4 Å². The zero-order chi connectivity index (χ0) is 21.0. The SMILES string of the molecule is N#Cc1cccc([C@H](CC(=O)O)NC(=O)c2cc(=O)n(-c3cccc(Cl)c3)[nH]2)c1. The molecule has 29 heavy (non-hydrogen) atoms.